The number of hydrogen-bond acceptors (Lipinski definition) is 6. The molecule has 0 bridgehead atoms. The molecule has 2 aromatic heterocycles. The summed E-state index contributed by atoms with van der Waals surface area (Å²) in [4.78, 5) is 16.2. The van der Waals surface area contributed by atoms with Crippen molar-refractivity contribution in [3.8, 4) is 6.01 Å². The van der Waals surface area contributed by atoms with Gasteiger partial charge in [-0.15, -0.1) is 0 Å². The van der Waals surface area contributed by atoms with E-state index >= 15 is 0 Å². The quantitative estimate of drug-likeness (QED) is 0.905. The summed E-state index contributed by atoms with van der Waals surface area (Å²) < 4.78 is 5.39. The molecule has 0 fully saturated rings. The van der Waals surface area contributed by atoms with Gasteiger partial charge in [-0.3, -0.25) is 4.98 Å². The van der Waals surface area contributed by atoms with Crippen molar-refractivity contribution in [2.75, 3.05) is 5.32 Å². The van der Waals surface area contributed by atoms with E-state index in [9.17, 15) is 0 Å². The molecule has 7 heteroatoms. The zero-order chi connectivity index (χ0) is 13.7. The average molecular weight is 280 g/mol. The van der Waals surface area contributed by atoms with Crippen molar-refractivity contribution in [2.24, 2.45) is 0 Å². The number of pyridine rings is 1. The summed E-state index contributed by atoms with van der Waals surface area (Å²) in [5.41, 5.74) is 0.880. The van der Waals surface area contributed by atoms with E-state index in [0.29, 0.717) is 12.5 Å². The van der Waals surface area contributed by atoms with Gasteiger partial charge in [0, 0.05) is 6.20 Å². The minimum absolute atomic E-state index is 0.0258. The third kappa shape index (κ3) is 4.33. The van der Waals surface area contributed by atoms with Crippen LogP contribution in [0.15, 0.2) is 24.4 Å². The second-order valence-corrected chi connectivity index (χ2v) is 4.39. The zero-order valence-electron chi connectivity index (χ0n) is 10.7. The van der Waals surface area contributed by atoms with E-state index in [0.717, 1.165) is 5.69 Å². The van der Waals surface area contributed by atoms with E-state index in [4.69, 9.17) is 16.3 Å². The van der Waals surface area contributed by atoms with Gasteiger partial charge >= 0.3 is 6.01 Å². The molecule has 0 radical (unpaired) electrons. The number of nitrogens with one attached hydrogen (secondary N) is 1. The second-order valence-electron chi connectivity index (χ2n) is 4.05. The topological polar surface area (TPSA) is 72.8 Å². The Morgan fingerprint density at radius 3 is 2.79 bits per heavy atom. The van der Waals surface area contributed by atoms with Gasteiger partial charge < -0.3 is 10.1 Å². The van der Waals surface area contributed by atoms with Gasteiger partial charge in [-0.1, -0.05) is 6.07 Å². The van der Waals surface area contributed by atoms with Gasteiger partial charge in [-0.05, 0) is 37.6 Å². The molecule has 0 aliphatic rings. The van der Waals surface area contributed by atoms with E-state index in [2.05, 4.69) is 25.3 Å². The summed E-state index contributed by atoms with van der Waals surface area (Å²) in [5, 5.41) is 3.12. The third-order valence-electron chi connectivity index (χ3n) is 2.08. The second kappa shape index (κ2) is 6.29. The Hall–Kier alpha value is -1.95. The number of aromatic nitrogens is 4. The number of halogens is 1. The fraction of sp³-hybridized carbons (Fsp3) is 0.333. The van der Waals surface area contributed by atoms with Crippen molar-refractivity contribution in [3.63, 3.8) is 0 Å². The Bertz CT molecular complexity index is 535. The Balaban J connectivity index is 2.05. The maximum atomic E-state index is 5.82. The first-order valence-electron chi connectivity index (χ1n) is 5.85. The maximum absolute atomic E-state index is 5.82. The molecule has 2 rings (SSSR count). The first-order chi connectivity index (χ1) is 9.13. The van der Waals surface area contributed by atoms with Crippen LogP contribution in [0.5, 0.6) is 6.01 Å². The van der Waals surface area contributed by atoms with E-state index in [1.807, 2.05) is 32.0 Å². The summed E-state index contributed by atoms with van der Waals surface area (Å²) in [7, 11) is 0. The number of hydrogen-bond donors (Lipinski definition) is 1. The molecule has 0 aliphatic heterocycles. The highest BCUT2D eigenvalue weighted by Gasteiger charge is 2.07. The largest absolute Gasteiger partial charge is 0.461 e. The normalized spacial score (nSPS) is 10.5. The molecular formula is C12H14ClN5O. The molecule has 0 aliphatic carbocycles. The van der Waals surface area contributed by atoms with Crippen LogP contribution in [0.1, 0.15) is 19.5 Å². The molecule has 100 valence electrons. The molecule has 0 spiro atoms. The summed E-state index contributed by atoms with van der Waals surface area (Å²) >= 11 is 5.82. The molecular weight excluding hydrogens is 266 g/mol. The van der Waals surface area contributed by atoms with Crippen LogP contribution in [0.25, 0.3) is 0 Å². The van der Waals surface area contributed by atoms with Crippen LogP contribution in [0.2, 0.25) is 5.28 Å². The van der Waals surface area contributed by atoms with Crippen LogP contribution in [0.4, 0.5) is 5.95 Å². The van der Waals surface area contributed by atoms with Crippen LogP contribution in [0.3, 0.4) is 0 Å². The SMILES string of the molecule is CC(C)Oc1nc(Cl)nc(NCc2ccccn2)n1. The van der Waals surface area contributed by atoms with Crippen LogP contribution in [-0.4, -0.2) is 26.0 Å². The lowest BCUT2D eigenvalue weighted by atomic mass is 10.3. The number of ether oxygens (including phenoxy) is 1. The van der Waals surface area contributed by atoms with Crippen molar-refractivity contribution in [3.05, 3.63) is 35.4 Å². The molecule has 19 heavy (non-hydrogen) atoms. The van der Waals surface area contributed by atoms with Gasteiger partial charge in [0.05, 0.1) is 18.3 Å². The lowest BCUT2D eigenvalue weighted by molar-refractivity contribution is 0.222. The highest BCUT2D eigenvalue weighted by molar-refractivity contribution is 6.28. The first kappa shape index (κ1) is 13.5. The summed E-state index contributed by atoms with van der Waals surface area (Å²) in [6.07, 6.45) is 1.70. The average Bonchev–Trinajstić information content (AvgIpc) is 2.36. The van der Waals surface area contributed by atoms with Gasteiger partial charge in [0.25, 0.3) is 0 Å². The standard InChI is InChI=1S/C12H14ClN5O/c1-8(2)19-12-17-10(13)16-11(18-12)15-7-9-5-3-4-6-14-9/h3-6,8H,7H2,1-2H3,(H,15,16,17,18). The van der Waals surface area contributed by atoms with E-state index in [1.165, 1.54) is 0 Å². The van der Waals surface area contributed by atoms with Gasteiger partial charge in [-0.2, -0.15) is 15.0 Å². The van der Waals surface area contributed by atoms with Crippen LogP contribution in [-0.2, 0) is 6.54 Å². The Morgan fingerprint density at radius 1 is 1.26 bits per heavy atom. The molecule has 6 nitrogen and oxygen atoms in total. The molecule has 0 saturated carbocycles. The lowest BCUT2D eigenvalue weighted by Crippen LogP contribution is -2.11. The molecule has 0 saturated heterocycles. The van der Waals surface area contributed by atoms with E-state index in [1.54, 1.807) is 6.20 Å². The van der Waals surface area contributed by atoms with Crippen molar-refractivity contribution in [1.82, 2.24) is 19.9 Å². The molecule has 0 aromatic carbocycles. The van der Waals surface area contributed by atoms with Gasteiger partial charge in [0.1, 0.15) is 0 Å². The summed E-state index contributed by atoms with van der Waals surface area (Å²) in [5.74, 6) is 0.362. The molecule has 2 aromatic rings. The minimum atomic E-state index is -0.0258. The van der Waals surface area contributed by atoms with Crippen LogP contribution in [0, 0.1) is 0 Å². The lowest BCUT2D eigenvalue weighted by Gasteiger charge is -2.09. The monoisotopic (exact) mass is 279 g/mol. The first-order valence-corrected chi connectivity index (χ1v) is 6.23. The van der Waals surface area contributed by atoms with Crippen molar-refractivity contribution >= 4 is 17.5 Å². The van der Waals surface area contributed by atoms with E-state index in [-0.39, 0.29) is 17.4 Å². The molecule has 0 unspecified atom stereocenters. The predicted octanol–water partition coefficient (Wildman–Crippen LogP) is 2.32. The zero-order valence-corrected chi connectivity index (χ0v) is 11.4. The fourth-order valence-corrected chi connectivity index (χ4v) is 1.50. The Labute approximate surface area is 116 Å². The van der Waals surface area contributed by atoms with Crippen LogP contribution < -0.4 is 10.1 Å². The highest BCUT2D eigenvalue weighted by Crippen LogP contribution is 2.13. The van der Waals surface area contributed by atoms with Crippen molar-refractivity contribution < 1.29 is 4.74 Å². The van der Waals surface area contributed by atoms with Gasteiger partial charge in [0.15, 0.2) is 0 Å². The van der Waals surface area contributed by atoms with Gasteiger partial charge in [-0.25, -0.2) is 0 Å². The summed E-state index contributed by atoms with van der Waals surface area (Å²) in [6, 6.07) is 5.88. The highest BCUT2D eigenvalue weighted by atomic mass is 35.5. The maximum Gasteiger partial charge on any atom is 0.322 e. The minimum Gasteiger partial charge on any atom is -0.461 e. The third-order valence-corrected chi connectivity index (χ3v) is 2.25. The number of nitrogens with zero attached hydrogens (tertiary/aromatic N) is 4. The van der Waals surface area contributed by atoms with Crippen LogP contribution >= 0.6 is 11.6 Å². The fourth-order valence-electron chi connectivity index (χ4n) is 1.35. The van der Waals surface area contributed by atoms with E-state index < -0.39 is 0 Å². The molecule has 0 atom stereocenters. The smallest absolute Gasteiger partial charge is 0.322 e. The van der Waals surface area contributed by atoms with Crippen molar-refractivity contribution in [2.45, 2.75) is 26.5 Å². The molecule has 2 heterocycles. The Morgan fingerprint density at radius 2 is 2.11 bits per heavy atom. The van der Waals surface area contributed by atoms with Crippen molar-refractivity contribution in [1.29, 1.82) is 0 Å². The predicted molar refractivity (Wildman–Crippen MR) is 72.2 cm³/mol. The van der Waals surface area contributed by atoms with Gasteiger partial charge in [0.2, 0.25) is 11.2 Å². The number of rotatable bonds is 5. The number of anilines is 1. The molecule has 1 N–H and O–H groups in total. The Kier molecular flexibility index (Phi) is 4.46. The molecule has 0 amide bonds. The summed E-state index contributed by atoms with van der Waals surface area (Å²) in [6.45, 7) is 4.28.